The largest absolute Gasteiger partial charge is 0.478 e. The number of carboxylic acid groups (broad SMARTS) is 1. The molecule has 1 aromatic heterocycles. The van der Waals surface area contributed by atoms with E-state index in [1.165, 1.54) is 10.6 Å². The van der Waals surface area contributed by atoms with Gasteiger partial charge in [0.15, 0.2) is 0 Å². The maximum absolute atomic E-state index is 11.6. The molecule has 80 valence electrons. The van der Waals surface area contributed by atoms with Crippen molar-refractivity contribution in [3.8, 4) is 0 Å². The van der Waals surface area contributed by atoms with E-state index in [1.54, 1.807) is 0 Å². The first-order valence-corrected chi connectivity index (χ1v) is 4.72. The molecule has 2 heterocycles. The first kappa shape index (κ1) is 10.2. The van der Waals surface area contributed by atoms with Crippen molar-refractivity contribution in [3.63, 3.8) is 0 Å². The molecule has 0 bridgehead atoms. The number of fused-ring (bicyclic) bond motifs is 1. The monoisotopic (exact) mass is 229 g/mol. The summed E-state index contributed by atoms with van der Waals surface area (Å²) in [5.41, 5.74) is 0.0439. The highest BCUT2D eigenvalue weighted by Gasteiger charge is 2.20. The topological polar surface area (TPSA) is 68.5 Å². The molecule has 0 amide bonds. The van der Waals surface area contributed by atoms with E-state index >= 15 is 0 Å². The van der Waals surface area contributed by atoms with Crippen molar-refractivity contribution < 1.29 is 14.6 Å². The number of hydrogen-bond donors (Lipinski definition) is 1. The first-order chi connectivity index (χ1) is 7.11. The van der Waals surface area contributed by atoms with Crippen LogP contribution < -0.4 is 5.56 Å². The van der Waals surface area contributed by atoms with Crippen LogP contribution in [0.25, 0.3) is 0 Å². The molecule has 1 aliphatic heterocycles. The Morgan fingerprint density at radius 1 is 1.60 bits per heavy atom. The molecule has 0 fully saturated rings. The van der Waals surface area contributed by atoms with Crippen LogP contribution in [-0.2, 0) is 17.9 Å². The Balaban J connectivity index is 2.73. The van der Waals surface area contributed by atoms with Crippen LogP contribution in [0.3, 0.4) is 0 Å². The van der Waals surface area contributed by atoms with E-state index in [9.17, 15) is 9.59 Å². The van der Waals surface area contributed by atoms with Gasteiger partial charge in [-0.05, 0) is 6.07 Å². The Labute approximate surface area is 89.8 Å². The summed E-state index contributed by atoms with van der Waals surface area (Å²) in [7, 11) is 0. The van der Waals surface area contributed by atoms with Gasteiger partial charge in [0.25, 0.3) is 5.56 Å². The van der Waals surface area contributed by atoms with Gasteiger partial charge in [-0.3, -0.25) is 4.79 Å². The lowest BCUT2D eigenvalue weighted by Crippen LogP contribution is -2.32. The summed E-state index contributed by atoms with van der Waals surface area (Å²) in [5, 5.41) is 8.86. The number of carboxylic acids is 1. The minimum atomic E-state index is -1.11. The molecule has 0 unspecified atom stereocenters. The van der Waals surface area contributed by atoms with Gasteiger partial charge in [0, 0.05) is 6.54 Å². The third kappa shape index (κ3) is 1.64. The SMILES string of the molecule is O=C(O)c1cc(Cl)c(=O)n2c1COCC2. The van der Waals surface area contributed by atoms with Crippen LogP contribution in [0.4, 0.5) is 0 Å². The van der Waals surface area contributed by atoms with Gasteiger partial charge in [-0.1, -0.05) is 11.6 Å². The summed E-state index contributed by atoms with van der Waals surface area (Å²) in [6.45, 7) is 0.870. The van der Waals surface area contributed by atoms with Crippen LogP contribution in [0.5, 0.6) is 0 Å². The third-order valence-corrected chi connectivity index (χ3v) is 2.56. The van der Waals surface area contributed by atoms with Crippen molar-refractivity contribution >= 4 is 17.6 Å². The fourth-order valence-electron chi connectivity index (χ4n) is 1.57. The molecule has 0 spiro atoms. The summed E-state index contributed by atoms with van der Waals surface area (Å²) in [6, 6.07) is 1.17. The summed E-state index contributed by atoms with van der Waals surface area (Å²) in [4.78, 5) is 22.5. The minimum absolute atomic E-state index is 0.0271. The van der Waals surface area contributed by atoms with Gasteiger partial charge in [0.2, 0.25) is 0 Å². The second kappa shape index (κ2) is 3.67. The number of aromatic nitrogens is 1. The summed E-state index contributed by atoms with van der Waals surface area (Å²) in [5.74, 6) is -1.11. The molecular formula is C9H8ClNO4. The molecule has 2 rings (SSSR count). The molecule has 0 saturated heterocycles. The number of aromatic carboxylic acids is 1. The van der Waals surface area contributed by atoms with Crippen LogP contribution in [0, 0.1) is 0 Å². The summed E-state index contributed by atoms with van der Waals surface area (Å²) in [6.07, 6.45) is 0. The Morgan fingerprint density at radius 2 is 2.33 bits per heavy atom. The van der Waals surface area contributed by atoms with E-state index in [4.69, 9.17) is 21.4 Å². The highest BCUT2D eigenvalue weighted by Crippen LogP contribution is 2.16. The molecule has 0 aromatic carbocycles. The molecule has 1 aromatic rings. The number of carbonyl (C=O) groups is 1. The highest BCUT2D eigenvalue weighted by atomic mass is 35.5. The maximum atomic E-state index is 11.6. The van der Waals surface area contributed by atoms with E-state index in [0.29, 0.717) is 18.8 Å². The summed E-state index contributed by atoms with van der Waals surface area (Å²) >= 11 is 5.66. The molecule has 0 saturated carbocycles. The number of nitrogens with zero attached hydrogens (tertiary/aromatic N) is 1. The van der Waals surface area contributed by atoms with Crippen LogP contribution in [0.1, 0.15) is 16.1 Å². The summed E-state index contributed by atoms with van der Waals surface area (Å²) < 4.78 is 6.47. The second-order valence-electron chi connectivity index (χ2n) is 3.17. The smallest absolute Gasteiger partial charge is 0.337 e. The maximum Gasteiger partial charge on any atom is 0.337 e. The molecule has 1 aliphatic rings. The number of pyridine rings is 1. The van der Waals surface area contributed by atoms with Crippen LogP contribution >= 0.6 is 11.6 Å². The van der Waals surface area contributed by atoms with Crippen molar-refractivity contribution in [3.05, 3.63) is 32.7 Å². The fourth-order valence-corrected chi connectivity index (χ4v) is 1.78. The van der Waals surface area contributed by atoms with E-state index in [0.717, 1.165) is 0 Å². The number of ether oxygens (including phenoxy) is 1. The van der Waals surface area contributed by atoms with Crippen LogP contribution in [0.15, 0.2) is 10.9 Å². The predicted octanol–water partition coefficient (Wildman–Crippen LogP) is 0.730. The van der Waals surface area contributed by atoms with Gasteiger partial charge in [-0.15, -0.1) is 0 Å². The molecule has 5 nitrogen and oxygen atoms in total. The van der Waals surface area contributed by atoms with Crippen molar-refractivity contribution in [2.24, 2.45) is 0 Å². The Bertz CT molecular complexity index is 480. The highest BCUT2D eigenvalue weighted by molar-refractivity contribution is 6.30. The van der Waals surface area contributed by atoms with E-state index in [2.05, 4.69) is 0 Å². The van der Waals surface area contributed by atoms with Crippen LogP contribution in [0.2, 0.25) is 5.02 Å². The fraction of sp³-hybridized carbons (Fsp3) is 0.333. The number of rotatable bonds is 1. The first-order valence-electron chi connectivity index (χ1n) is 4.34. The van der Waals surface area contributed by atoms with E-state index in [-0.39, 0.29) is 22.8 Å². The van der Waals surface area contributed by atoms with Crippen LogP contribution in [-0.4, -0.2) is 22.2 Å². The molecule has 6 heteroatoms. The lowest BCUT2D eigenvalue weighted by atomic mass is 10.1. The molecule has 1 N–H and O–H groups in total. The zero-order chi connectivity index (χ0) is 11.0. The molecule has 15 heavy (non-hydrogen) atoms. The number of hydrogen-bond acceptors (Lipinski definition) is 3. The Hall–Kier alpha value is -1.33. The van der Waals surface area contributed by atoms with Crippen molar-refractivity contribution in [2.45, 2.75) is 13.2 Å². The minimum Gasteiger partial charge on any atom is -0.478 e. The van der Waals surface area contributed by atoms with Crippen molar-refractivity contribution in [1.82, 2.24) is 4.57 Å². The average molecular weight is 230 g/mol. The van der Waals surface area contributed by atoms with Gasteiger partial charge in [0.1, 0.15) is 5.02 Å². The molecule has 0 atom stereocenters. The van der Waals surface area contributed by atoms with Gasteiger partial charge >= 0.3 is 5.97 Å². The molecule has 0 radical (unpaired) electrons. The number of halogens is 1. The van der Waals surface area contributed by atoms with Gasteiger partial charge < -0.3 is 14.4 Å². The van der Waals surface area contributed by atoms with Gasteiger partial charge in [0.05, 0.1) is 24.5 Å². The predicted molar refractivity (Wildman–Crippen MR) is 52.3 cm³/mol. The quantitative estimate of drug-likeness (QED) is 0.771. The standard InChI is InChI=1S/C9H8ClNO4/c10-6-3-5(9(13)14)7-4-15-2-1-11(7)8(6)12/h3H,1-2,4H2,(H,13,14). The second-order valence-corrected chi connectivity index (χ2v) is 3.57. The lowest BCUT2D eigenvalue weighted by molar-refractivity contribution is 0.0648. The average Bonchev–Trinajstić information content (AvgIpc) is 2.23. The Kier molecular flexibility index (Phi) is 2.50. The normalized spacial score (nSPS) is 14.7. The molecular weight excluding hydrogens is 222 g/mol. The lowest BCUT2D eigenvalue weighted by Gasteiger charge is -2.20. The molecule has 0 aliphatic carbocycles. The van der Waals surface area contributed by atoms with Gasteiger partial charge in [-0.25, -0.2) is 4.79 Å². The zero-order valence-electron chi connectivity index (χ0n) is 7.70. The van der Waals surface area contributed by atoms with Crippen molar-refractivity contribution in [2.75, 3.05) is 6.61 Å². The zero-order valence-corrected chi connectivity index (χ0v) is 8.45. The Morgan fingerprint density at radius 3 is 3.00 bits per heavy atom. The van der Waals surface area contributed by atoms with E-state index < -0.39 is 5.97 Å². The van der Waals surface area contributed by atoms with E-state index in [1.807, 2.05) is 0 Å². The van der Waals surface area contributed by atoms with Crippen molar-refractivity contribution in [1.29, 1.82) is 0 Å². The third-order valence-electron chi connectivity index (χ3n) is 2.29. The van der Waals surface area contributed by atoms with Gasteiger partial charge in [-0.2, -0.15) is 0 Å².